The van der Waals surface area contributed by atoms with Gasteiger partial charge in [0.15, 0.2) is 5.96 Å². The summed E-state index contributed by atoms with van der Waals surface area (Å²) in [6, 6.07) is 0. The number of morpholine rings is 1. The zero-order valence-corrected chi connectivity index (χ0v) is 9.91. The van der Waals surface area contributed by atoms with E-state index in [1.54, 1.807) is 0 Å². The minimum atomic E-state index is 0.671. The topological polar surface area (TPSA) is 50.8 Å². The molecule has 2 N–H and O–H groups in total. The van der Waals surface area contributed by atoms with Crippen LogP contribution in [0.2, 0.25) is 0 Å². The summed E-state index contributed by atoms with van der Waals surface area (Å²) in [5.41, 5.74) is 5.93. The Labute approximate surface area is 92.5 Å². The quantitative estimate of drug-likeness (QED) is 0.561. The van der Waals surface area contributed by atoms with Crippen molar-refractivity contribution in [1.29, 1.82) is 0 Å². The van der Waals surface area contributed by atoms with E-state index in [0.29, 0.717) is 11.9 Å². The minimum Gasteiger partial charge on any atom is -0.378 e. The van der Waals surface area contributed by atoms with Crippen molar-refractivity contribution < 1.29 is 4.74 Å². The third-order valence-corrected chi connectivity index (χ3v) is 3.00. The van der Waals surface area contributed by atoms with Gasteiger partial charge < -0.3 is 15.4 Å². The van der Waals surface area contributed by atoms with Crippen molar-refractivity contribution in [3.8, 4) is 0 Å². The lowest BCUT2D eigenvalue weighted by atomic mass is 10.0. The van der Waals surface area contributed by atoms with Crippen LogP contribution in [-0.2, 0) is 4.74 Å². The zero-order chi connectivity index (χ0) is 11.1. The molecule has 0 spiro atoms. The number of ether oxygens (including phenoxy) is 1. The predicted octanol–water partition coefficient (Wildman–Crippen LogP) is 1.07. The lowest BCUT2D eigenvalue weighted by Crippen LogP contribution is -2.45. The van der Waals surface area contributed by atoms with Crippen molar-refractivity contribution in [2.24, 2.45) is 16.6 Å². The number of aliphatic imine (C=N–C) groups is 1. The maximum absolute atomic E-state index is 5.93. The molecule has 0 amide bonds. The van der Waals surface area contributed by atoms with Crippen molar-refractivity contribution in [1.82, 2.24) is 4.90 Å². The summed E-state index contributed by atoms with van der Waals surface area (Å²) in [5, 5.41) is 0. The van der Waals surface area contributed by atoms with Gasteiger partial charge in [-0.05, 0) is 5.92 Å². The molecule has 4 heteroatoms. The highest BCUT2D eigenvalue weighted by Crippen LogP contribution is 2.07. The average Bonchev–Trinajstić information content (AvgIpc) is 2.31. The first-order chi connectivity index (χ1) is 7.27. The summed E-state index contributed by atoms with van der Waals surface area (Å²) in [5.74, 6) is 1.36. The Balaban J connectivity index is 2.36. The lowest BCUT2D eigenvalue weighted by molar-refractivity contribution is 0.0674. The third-order valence-electron chi connectivity index (χ3n) is 3.00. The number of hydrogen-bond acceptors (Lipinski definition) is 2. The molecule has 0 atom stereocenters. The van der Waals surface area contributed by atoms with Crippen molar-refractivity contribution in [2.75, 3.05) is 32.8 Å². The Hall–Kier alpha value is -0.770. The molecule has 88 valence electrons. The van der Waals surface area contributed by atoms with Gasteiger partial charge >= 0.3 is 0 Å². The van der Waals surface area contributed by atoms with Gasteiger partial charge in [0.25, 0.3) is 0 Å². The van der Waals surface area contributed by atoms with E-state index in [9.17, 15) is 0 Å². The molecule has 4 nitrogen and oxygen atoms in total. The molecule has 1 aliphatic heterocycles. The summed E-state index contributed by atoms with van der Waals surface area (Å²) in [4.78, 5) is 6.56. The standard InChI is InChI=1S/C11H23N3O/c1-3-10(4-2)9-13-11(12)14-5-7-15-8-6-14/h10H,3-9H2,1-2H3,(H2,12,13). The lowest BCUT2D eigenvalue weighted by Gasteiger charge is -2.27. The van der Waals surface area contributed by atoms with Crippen molar-refractivity contribution in [3.63, 3.8) is 0 Å². The molecule has 0 bridgehead atoms. The van der Waals surface area contributed by atoms with Crippen LogP contribution >= 0.6 is 0 Å². The Morgan fingerprint density at radius 1 is 1.33 bits per heavy atom. The van der Waals surface area contributed by atoms with E-state index in [0.717, 1.165) is 32.8 Å². The van der Waals surface area contributed by atoms with Crippen LogP contribution in [0.5, 0.6) is 0 Å². The monoisotopic (exact) mass is 213 g/mol. The molecule has 0 aromatic rings. The molecular formula is C11H23N3O. The maximum Gasteiger partial charge on any atom is 0.191 e. The second-order valence-electron chi connectivity index (χ2n) is 3.98. The smallest absolute Gasteiger partial charge is 0.191 e. The Morgan fingerprint density at radius 2 is 1.93 bits per heavy atom. The Bertz CT molecular complexity index is 196. The second kappa shape index (κ2) is 6.67. The van der Waals surface area contributed by atoms with Crippen LogP contribution in [0.4, 0.5) is 0 Å². The van der Waals surface area contributed by atoms with Gasteiger partial charge in [0, 0.05) is 19.6 Å². The summed E-state index contributed by atoms with van der Waals surface area (Å²) < 4.78 is 5.27. The first-order valence-electron chi connectivity index (χ1n) is 5.90. The molecule has 15 heavy (non-hydrogen) atoms. The average molecular weight is 213 g/mol. The van der Waals surface area contributed by atoms with Crippen LogP contribution in [-0.4, -0.2) is 43.7 Å². The highest BCUT2D eigenvalue weighted by atomic mass is 16.5. The highest BCUT2D eigenvalue weighted by molar-refractivity contribution is 5.78. The Morgan fingerprint density at radius 3 is 2.47 bits per heavy atom. The van der Waals surface area contributed by atoms with Gasteiger partial charge in [-0.2, -0.15) is 0 Å². The second-order valence-corrected chi connectivity index (χ2v) is 3.98. The molecule has 0 aromatic heterocycles. The van der Waals surface area contributed by atoms with Crippen molar-refractivity contribution in [3.05, 3.63) is 0 Å². The predicted molar refractivity (Wildman–Crippen MR) is 63.0 cm³/mol. The van der Waals surface area contributed by atoms with Crippen LogP contribution in [0.3, 0.4) is 0 Å². The van der Waals surface area contributed by atoms with E-state index in [-0.39, 0.29) is 0 Å². The van der Waals surface area contributed by atoms with Gasteiger partial charge in [0.05, 0.1) is 13.2 Å². The van der Waals surface area contributed by atoms with Crippen molar-refractivity contribution in [2.45, 2.75) is 26.7 Å². The number of nitrogens with zero attached hydrogens (tertiary/aromatic N) is 2. The summed E-state index contributed by atoms with van der Waals surface area (Å²) in [6.07, 6.45) is 2.35. The van der Waals surface area contributed by atoms with Crippen LogP contribution < -0.4 is 5.73 Å². The van der Waals surface area contributed by atoms with E-state index < -0.39 is 0 Å². The van der Waals surface area contributed by atoms with E-state index in [1.165, 1.54) is 12.8 Å². The highest BCUT2D eigenvalue weighted by Gasteiger charge is 2.12. The van der Waals surface area contributed by atoms with Crippen molar-refractivity contribution >= 4 is 5.96 Å². The molecule has 0 aromatic carbocycles. The molecule has 0 saturated carbocycles. The third kappa shape index (κ3) is 4.08. The fourth-order valence-corrected chi connectivity index (χ4v) is 1.66. The van der Waals surface area contributed by atoms with Gasteiger partial charge in [-0.3, -0.25) is 4.99 Å². The first-order valence-corrected chi connectivity index (χ1v) is 5.90. The van der Waals surface area contributed by atoms with Gasteiger partial charge in [-0.25, -0.2) is 0 Å². The van der Waals surface area contributed by atoms with Gasteiger partial charge in [-0.1, -0.05) is 26.7 Å². The number of hydrogen-bond donors (Lipinski definition) is 1. The van der Waals surface area contributed by atoms with E-state index >= 15 is 0 Å². The molecule has 1 rings (SSSR count). The van der Waals surface area contributed by atoms with Crippen LogP contribution in [0.1, 0.15) is 26.7 Å². The minimum absolute atomic E-state index is 0.671. The van der Waals surface area contributed by atoms with E-state index in [2.05, 4.69) is 23.7 Å². The van der Waals surface area contributed by atoms with Gasteiger partial charge in [0.2, 0.25) is 0 Å². The molecule has 0 radical (unpaired) electrons. The number of rotatable bonds is 4. The molecular weight excluding hydrogens is 190 g/mol. The fraction of sp³-hybridized carbons (Fsp3) is 0.909. The molecule has 0 unspecified atom stereocenters. The van der Waals surface area contributed by atoms with E-state index in [4.69, 9.17) is 10.5 Å². The molecule has 1 fully saturated rings. The molecule has 1 aliphatic rings. The van der Waals surface area contributed by atoms with E-state index in [1.807, 2.05) is 0 Å². The Kier molecular flexibility index (Phi) is 5.47. The van der Waals surface area contributed by atoms with Crippen LogP contribution in [0.15, 0.2) is 4.99 Å². The largest absolute Gasteiger partial charge is 0.378 e. The summed E-state index contributed by atoms with van der Waals surface area (Å²) >= 11 is 0. The SMILES string of the molecule is CCC(CC)CN=C(N)N1CCOCC1. The first kappa shape index (κ1) is 12.3. The van der Waals surface area contributed by atoms with Crippen LogP contribution in [0.25, 0.3) is 0 Å². The molecule has 1 saturated heterocycles. The number of nitrogens with two attached hydrogens (primary N) is 1. The summed E-state index contributed by atoms with van der Waals surface area (Å²) in [6.45, 7) is 8.54. The van der Waals surface area contributed by atoms with Crippen LogP contribution in [0, 0.1) is 5.92 Å². The maximum atomic E-state index is 5.93. The molecule has 1 heterocycles. The fourth-order valence-electron chi connectivity index (χ4n) is 1.66. The van der Waals surface area contributed by atoms with Gasteiger partial charge in [-0.15, -0.1) is 0 Å². The summed E-state index contributed by atoms with van der Waals surface area (Å²) in [7, 11) is 0. The zero-order valence-electron chi connectivity index (χ0n) is 9.91. The van der Waals surface area contributed by atoms with Gasteiger partial charge in [0.1, 0.15) is 0 Å². The molecule has 0 aliphatic carbocycles. The normalized spacial score (nSPS) is 18.6. The number of guanidine groups is 1.